The van der Waals surface area contributed by atoms with Gasteiger partial charge in [-0.25, -0.2) is 0 Å². The predicted molar refractivity (Wildman–Crippen MR) is 108 cm³/mol. The van der Waals surface area contributed by atoms with Gasteiger partial charge in [-0.15, -0.1) is 0 Å². The second-order valence-corrected chi connectivity index (χ2v) is 6.37. The second-order valence-electron chi connectivity index (χ2n) is 6.37. The van der Waals surface area contributed by atoms with E-state index in [4.69, 9.17) is 4.74 Å². The van der Waals surface area contributed by atoms with E-state index in [9.17, 15) is 9.59 Å². The molecular formula is C22H28N2O3. The molecule has 0 aliphatic rings. The van der Waals surface area contributed by atoms with Crippen molar-refractivity contribution in [1.82, 2.24) is 4.90 Å². The zero-order valence-electron chi connectivity index (χ0n) is 16.5. The summed E-state index contributed by atoms with van der Waals surface area (Å²) in [7, 11) is 0. The van der Waals surface area contributed by atoms with Crippen LogP contribution in [0.1, 0.15) is 54.8 Å². The van der Waals surface area contributed by atoms with Crippen LogP contribution in [-0.4, -0.2) is 35.9 Å². The van der Waals surface area contributed by atoms with E-state index in [0.29, 0.717) is 29.9 Å². The van der Waals surface area contributed by atoms with Crippen LogP contribution < -0.4 is 10.1 Å². The van der Waals surface area contributed by atoms with Crippen LogP contribution >= 0.6 is 0 Å². The van der Waals surface area contributed by atoms with E-state index in [1.807, 2.05) is 20.8 Å². The van der Waals surface area contributed by atoms with Crippen LogP contribution in [0.5, 0.6) is 5.75 Å². The van der Waals surface area contributed by atoms with Gasteiger partial charge < -0.3 is 15.0 Å². The van der Waals surface area contributed by atoms with Crippen molar-refractivity contribution in [1.29, 1.82) is 0 Å². The number of nitrogens with one attached hydrogen (secondary N) is 1. The van der Waals surface area contributed by atoms with Gasteiger partial charge in [-0.1, -0.05) is 13.0 Å². The molecule has 0 heterocycles. The molecule has 27 heavy (non-hydrogen) atoms. The first-order chi connectivity index (χ1) is 13.0. The molecule has 1 atom stereocenters. The lowest BCUT2D eigenvalue weighted by molar-refractivity contribution is 0.0772. The van der Waals surface area contributed by atoms with Gasteiger partial charge in [0, 0.05) is 29.9 Å². The average molecular weight is 368 g/mol. The minimum atomic E-state index is -0.225. The maximum atomic E-state index is 12.5. The van der Waals surface area contributed by atoms with Crippen molar-refractivity contribution in [3.05, 3.63) is 59.7 Å². The topological polar surface area (TPSA) is 58.6 Å². The molecule has 0 spiro atoms. The number of benzene rings is 2. The van der Waals surface area contributed by atoms with Gasteiger partial charge in [-0.2, -0.15) is 0 Å². The molecule has 144 valence electrons. The van der Waals surface area contributed by atoms with Gasteiger partial charge >= 0.3 is 0 Å². The maximum Gasteiger partial charge on any atom is 0.255 e. The van der Waals surface area contributed by atoms with E-state index in [1.165, 1.54) is 0 Å². The summed E-state index contributed by atoms with van der Waals surface area (Å²) in [5.41, 5.74) is 1.69. The fourth-order valence-corrected chi connectivity index (χ4v) is 2.63. The van der Waals surface area contributed by atoms with E-state index >= 15 is 0 Å². The number of carbonyl (C=O) groups is 2. The molecule has 0 aliphatic heterocycles. The molecule has 0 saturated carbocycles. The standard InChI is InChI=1S/C22H28N2O3/c1-5-16(4)27-20-13-11-17(12-14-20)21(25)23-19-10-8-9-18(15-19)22(26)24(6-2)7-3/h8-16H,5-7H2,1-4H3,(H,23,25). The van der Waals surface area contributed by atoms with Crippen molar-refractivity contribution in [2.24, 2.45) is 0 Å². The summed E-state index contributed by atoms with van der Waals surface area (Å²) in [5, 5.41) is 2.85. The van der Waals surface area contributed by atoms with Crippen LogP contribution in [0.3, 0.4) is 0 Å². The lowest BCUT2D eigenvalue weighted by Crippen LogP contribution is -2.30. The largest absolute Gasteiger partial charge is 0.491 e. The molecule has 2 aromatic carbocycles. The number of carbonyl (C=O) groups excluding carboxylic acids is 2. The minimum absolute atomic E-state index is 0.0392. The van der Waals surface area contributed by atoms with Crippen LogP contribution in [0.2, 0.25) is 0 Å². The zero-order chi connectivity index (χ0) is 19.8. The van der Waals surface area contributed by atoms with Crippen molar-refractivity contribution in [2.45, 2.75) is 40.2 Å². The summed E-state index contributed by atoms with van der Waals surface area (Å²) in [5.74, 6) is 0.480. The third-order valence-corrected chi connectivity index (χ3v) is 4.45. The number of nitrogens with zero attached hydrogens (tertiary/aromatic N) is 1. The van der Waals surface area contributed by atoms with Crippen molar-refractivity contribution in [2.75, 3.05) is 18.4 Å². The highest BCUT2D eigenvalue weighted by molar-refractivity contribution is 6.05. The quantitative estimate of drug-likeness (QED) is 0.741. The summed E-state index contributed by atoms with van der Waals surface area (Å²) in [6.07, 6.45) is 1.06. The molecule has 5 nitrogen and oxygen atoms in total. The van der Waals surface area contributed by atoms with E-state index in [0.717, 1.165) is 12.2 Å². The number of amides is 2. The van der Waals surface area contributed by atoms with Gasteiger partial charge in [-0.05, 0) is 69.7 Å². The first-order valence-electron chi connectivity index (χ1n) is 9.45. The number of hydrogen-bond donors (Lipinski definition) is 1. The monoisotopic (exact) mass is 368 g/mol. The van der Waals surface area contributed by atoms with E-state index in [-0.39, 0.29) is 17.9 Å². The Morgan fingerprint density at radius 3 is 2.26 bits per heavy atom. The van der Waals surface area contributed by atoms with Crippen LogP contribution in [-0.2, 0) is 0 Å². The Labute approximate surface area is 161 Å². The van der Waals surface area contributed by atoms with Gasteiger partial charge in [-0.3, -0.25) is 9.59 Å². The summed E-state index contributed by atoms with van der Waals surface area (Å²) in [6.45, 7) is 9.26. The summed E-state index contributed by atoms with van der Waals surface area (Å²) in [6, 6.07) is 14.1. The van der Waals surface area contributed by atoms with E-state index in [1.54, 1.807) is 53.4 Å². The fraction of sp³-hybridized carbons (Fsp3) is 0.364. The molecule has 5 heteroatoms. The third kappa shape index (κ3) is 5.58. The van der Waals surface area contributed by atoms with E-state index in [2.05, 4.69) is 12.2 Å². The first kappa shape index (κ1) is 20.5. The van der Waals surface area contributed by atoms with Crippen LogP contribution in [0.4, 0.5) is 5.69 Å². The first-order valence-corrected chi connectivity index (χ1v) is 9.45. The van der Waals surface area contributed by atoms with Crippen molar-refractivity contribution >= 4 is 17.5 Å². The summed E-state index contributed by atoms with van der Waals surface area (Å²) < 4.78 is 5.73. The minimum Gasteiger partial charge on any atom is -0.491 e. The van der Waals surface area contributed by atoms with Crippen LogP contribution in [0, 0.1) is 0 Å². The van der Waals surface area contributed by atoms with Crippen molar-refractivity contribution in [3.8, 4) is 5.75 Å². The van der Waals surface area contributed by atoms with Gasteiger partial charge in [0.25, 0.3) is 11.8 Å². The Morgan fingerprint density at radius 2 is 1.67 bits per heavy atom. The van der Waals surface area contributed by atoms with Gasteiger partial charge in [0.05, 0.1) is 6.10 Å². The van der Waals surface area contributed by atoms with Crippen molar-refractivity contribution in [3.63, 3.8) is 0 Å². The normalized spacial score (nSPS) is 11.6. The zero-order valence-corrected chi connectivity index (χ0v) is 16.5. The molecule has 0 bridgehead atoms. The Kier molecular flexibility index (Phi) is 7.41. The Bertz CT molecular complexity index is 767. The lowest BCUT2D eigenvalue weighted by Gasteiger charge is -2.19. The second kappa shape index (κ2) is 9.76. The predicted octanol–water partition coefficient (Wildman–Crippen LogP) is 4.60. The van der Waals surface area contributed by atoms with Crippen LogP contribution in [0.25, 0.3) is 0 Å². The highest BCUT2D eigenvalue weighted by atomic mass is 16.5. The molecule has 0 aliphatic carbocycles. The van der Waals surface area contributed by atoms with Gasteiger partial charge in [0.1, 0.15) is 5.75 Å². The highest BCUT2D eigenvalue weighted by Crippen LogP contribution is 2.17. The summed E-state index contributed by atoms with van der Waals surface area (Å²) in [4.78, 5) is 26.7. The van der Waals surface area contributed by atoms with Crippen molar-refractivity contribution < 1.29 is 14.3 Å². The molecule has 2 aromatic rings. The molecule has 0 saturated heterocycles. The lowest BCUT2D eigenvalue weighted by atomic mass is 10.1. The molecular weight excluding hydrogens is 340 g/mol. The molecule has 0 radical (unpaired) electrons. The van der Waals surface area contributed by atoms with Crippen LogP contribution in [0.15, 0.2) is 48.5 Å². The molecule has 1 unspecified atom stereocenters. The number of anilines is 1. The van der Waals surface area contributed by atoms with Gasteiger partial charge in [0.2, 0.25) is 0 Å². The molecule has 2 rings (SSSR count). The Morgan fingerprint density at radius 1 is 1.00 bits per heavy atom. The maximum absolute atomic E-state index is 12.5. The average Bonchev–Trinajstić information content (AvgIpc) is 2.69. The SMILES string of the molecule is CCC(C)Oc1ccc(C(=O)Nc2cccc(C(=O)N(CC)CC)c2)cc1. The van der Waals surface area contributed by atoms with Gasteiger partial charge in [0.15, 0.2) is 0 Å². The van der Waals surface area contributed by atoms with E-state index < -0.39 is 0 Å². The molecule has 0 fully saturated rings. The number of ether oxygens (including phenoxy) is 1. The molecule has 2 amide bonds. The Balaban J connectivity index is 2.07. The molecule has 1 N–H and O–H groups in total. The fourth-order valence-electron chi connectivity index (χ4n) is 2.63. The number of hydrogen-bond acceptors (Lipinski definition) is 3. The smallest absolute Gasteiger partial charge is 0.255 e. The highest BCUT2D eigenvalue weighted by Gasteiger charge is 2.14. The summed E-state index contributed by atoms with van der Waals surface area (Å²) >= 11 is 0. The molecule has 0 aromatic heterocycles. The Hall–Kier alpha value is -2.82. The number of rotatable bonds is 8. The third-order valence-electron chi connectivity index (χ3n) is 4.45.